The Morgan fingerprint density at radius 2 is 1.96 bits per heavy atom. The van der Waals surface area contributed by atoms with E-state index in [-0.39, 0.29) is 24.4 Å². The SMILES string of the molecule is CC(C)(CNC(=O)C1(S(C)(=O)=O)CCNCC1)c1c(F)cccc1Cl. The Morgan fingerprint density at radius 3 is 2.48 bits per heavy atom. The lowest BCUT2D eigenvalue weighted by Crippen LogP contribution is -2.58. The third-order valence-corrected chi connectivity index (χ3v) is 7.19. The van der Waals surface area contributed by atoms with Gasteiger partial charge in [0.1, 0.15) is 5.82 Å². The topological polar surface area (TPSA) is 75.3 Å². The molecule has 1 aromatic rings. The van der Waals surface area contributed by atoms with Crippen molar-refractivity contribution in [1.82, 2.24) is 10.6 Å². The van der Waals surface area contributed by atoms with Crippen LogP contribution in [0.25, 0.3) is 0 Å². The van der Waals surface area contributed by atoms with Crippen LogP contribution < -0.4 is 10.6 Å². The van der Waals surface area contributed by atoms with Gasteiger partial charge in [-0.3, -0.25) is 4.79 Å². The van der Waals surface area contributed by atoms with E-state index in [2.05, 4.69) is 10.6 Å². The van der Waals surface area contributed by atoms with E-state index >= 15 is 0 Å². The highest BCUT2D eigenvalue weighted by molar-refractivity contribution is 7.92. The van der Waals surface area contributed by atoms with E-state index in [0.717, 1.165) is 6.26 Å². The van der Waals surface area contributed by atoms with Gasteiger partial charge in [-0.25, -0.2) is 12.8 Å². The number of halogens is 2. The van der Waals surface area contributed by atoms with Crippen molar-refractivity contribution in [3.63, 3.8) is 0 Å². The minimum atomic E-state index is -3.59. The van der Waals surface area contributed by atoms with Crippen LogP contribution in [-0.2, 0) is 20.0 Å². The number of carbonyl (C=O) groups excluding carboxylic acids is 1. The number of carbonyl (C=O) groups is 1. The predicted molar refractivity (Wildman–Crippen MR) is 97.1 cm³/mol. The number of benzene rings is 1. The third kappa shape index (κ3) is 3.99. The highest BCUT2D eigenvalue weighted by Gasteiger charge is 2.48. The van der Waals surface area contributed by atoms with Crippen LogP contribution in [0.1, 0.15) is 32.3 Å². The molecule has 0 bridgehead atoms. The molecule has 0 saturated carbocycles. The lowest BCUT2D eigenvalue weighted by atomic mass is 9.83. The van der Waals surface area contributed by atoms with E-state index in [1.165, 1.54) is 12.1 Å². The minimum Gasteiger partial charge on any atom is -0.354 e. The average molecular weight is 391 g/mol. The number of sulfone groups is 1. The number of piperidine rings is 1. The Balaban J connectivity index is 2.23. The Hall–Kier alpha value is -1.18. The van der Waals surface area contributed by atoms with Crippen molar-refractivity contribution in [3.8, 4) is 0 Å². The van der Waals surface area contributed by atoms with Gasteiger partial charge in [-0.1, -0.05) is 31.5 Å². The molecule has 1 fully saturated rings. The number of rotatable bonds is 5. The predicted octanol–water partition coefficient (Wildman–Crippen LogP) is 2.04. The van der Waals surface area contributed by atoms with E-state index in [1.54, 1.807) is 19.9 Å². The Morgan fingerprint density at radius 1 is 1.36 bits per heavy atom. The smallest absolute Gasteiger partial charge is 0.241 e. The first kappa shape index (κ1) is 20.1. The van der Waals surface area contributed by atoms with Crippen molar-refractivity contribution < 1.29 is 17.6 Å². The first-order chi connectivity index (χ1) is 11.5. The quantitative estimate of drug-likeness (QED) is 0.806. The molecule has 0 aliphatic carbocycles. The molecule has 1 aliphatic heterocycles. The van der Waals surface area contributed by atoms with Gasteiger partial charge in [0.25, 0.3) is 0 Å². The van der Waals surface area contributed by atoms with E-state index in [1.807, 2.05) is 0 Å². The zero-order valence-electron chi connectivity index (χ0n) is 14.7. The van der Waals surface area contributed by atoms with E-state index in [9.17, 15) is 17.6 Å². The standard InChI is InChI=1S/C17H24ClFN2O3S/c1-16(2,14-12(18)5-4-6-13(14)19)11-21-15(22)17(25(3,23)24)7-9-20-10-8-17/h4-6,20H,7-11H2,1-3H3,(H,21,22). The third-order valence-electron chi connectivity index (χ3n) is 4.87. The number of amides is 1. The summed E-state index contributed by atoms with van der Waals surface area (Å²) in [6, 6.07) is 4.42. The summed E-state index contributed by atoms with van der Waals surface area (Å²) in [7, 11) is -3.59. The van der Waals surface area contributed by atoms with Crippen molar-refractivity contribution in [1.29, 1.82) is 0 Å². The molecular weight excluding hydrogens is 367 g/mol. The fraction of sp³-hybridized carbons (Fsp3) is 0.588. The van der Waals surface area contributed by atoms with Gasteiger partial charge in [0.2, 0.25) is 5.91 Å². The van der Waals surface area contributed by atoms with Gasteiger partial charge in [-0.2, -0.15) is 0 Å². The molecule has 1 heterocycles. The monoisotopic (exact) mass is 390 g/mol. The average Bonchev–Trinajstić information content (AvgIpc) is 2.52. The summed E-state index contributed by atoms with van der Waals surface area (Å²) in [5.41, 5.74) is -0.486. The van der Waals surface area contributed by atoms with E-state index < -0.39 is 31.7 Å². The van der Waals surface area contributed by atoms with Crippen molar-refractivity contribution >= 4 is 27.3 Å². The maximum atomic E-state index is 14.2. The molecule has 1 aromatic carbocycles. The summed E-state index contributed by atoms with van der Waals surface area (Å²) in [4.78, 5) is 12.8. The normalized spacial score (nSPS) is 18.0. The van der Waals surface area contributed by atoms with Gasteiger partial charge in [0.05, 0.1) is 0 Å². The Kier molecular flexibility index (Phi) is 5.81. The van der Waals surface area contributed by atoms with Crippen LogP contribution in [0, 0.1) is 5.82 Å². The van der Waals surface area contributed by atoms with Crippen molar-refractivity contribution in [2.24, 2.45) is 0 Å². The Labute approximate surface area is 153 Å². The van der Waals surface area contributed by atoms with Crippen molar-refractivity contribution in [3.05, 3.63) is 34.6 Å². The summed E-state index contributed by atoms with van der Waals surface area (Å²) in [5.74, 6) is -0.983. The molecule has 0 unspecified atom stereocenters. The summed E-state index contributed by atoms with van der Waals surface area (Å²) in [6.45, 7) is 4.52. The van der Waals surface area contributed by atoms with Crippen molar-refractivity contribution in [2.75, 3.05) is 25.9 Å². The summed E-state index contributed by atoms with van der Waals surface area (Å²) >= 11 is 6.12. The highest BCUT2D eigenvalue weighted by atomic mass is 35.5. The molecule has 0 spiro atoms. The molecule has 25 heavy (non-hydrogen) atoms. The minimum absolute atomic E-state index is 0.0805. The van der Waals surface area contributed by atoms with Crippen LogP contribution in [0.5, 0.6) is 0 Å². The van der Waals surface area contributed by atoms with Gasteiger partial charge in [0.15, 0.2) is 14.6 Å². The molecular formula is C17H24ClFN2O3S. The molecule has 0 radical (unpaired) electrons. The lowest BCUT2D eigenvalue weighted by molar-refractivity contribution is -0.124. The zero-order valence-corrected chi connectivity index (χ0v) is 16.2. The molecule has 8 heteroatoms. The maximum absolute atomic E-state index is 14.2. The Bertz CT molecular complexity index is 739. The van der Waals surface area contributed by atoms with Crippen LogP contribution in [0.15, 0.2) is 18.2 Å². The lowest BCUT2D eigenvalue weighted by Gasteiger charge is -2.36. The molecule has 1 amide bonds. The highest BCUT2D eigenvalue weighted by Crippen LogP contribution is 2.33. The van der Waals surface area contributed by atoms with Crippen LogP contribution in [-0.4, -0.2) is 45.0 Å². The van der Waals surface area contributed by atoms with Crippen LogP contribution in [0.2, 0.25) is 5.02 Å². The molecule has 0 aromatic heterocycles. The second-order valence-corrected chi connectivity index (χ2v) is 9.91. The second kappa shape index (κ2) is 7.21. The van der Waals surface area contributed by atoms with Gasteiger partial charge < -0.3 is 10.6 Å². The number of hydrogen-bond donors (Lipinski definition) is 2. The largest absolute Gasteiger partial charge is 0.354 e. The maximum Gasteiger partial charge on any atom is 0.241 e. The first-order valence-electron chi connectivity index (χ1n) is 8.14. The molecule has 1 saturated heterocycles. The fourth-order valence-corrected chi connectivity index (χ4v) is 5.07. The molecule has 2 N–H and O–H groups in total. The molecule has 0 atom stereocenters. The summed E-state index contributed by atoms with van der Waals surface area (Å²) in [5, 5.41) is 6.07. The zero-order chi connectivity index (χ0) is 18.9. The van der Waals surface area contributed by atoms with Crippen LogP contribution in [0.4, 0.5) is 4.39 Å². The summed E-state index contributed by atoms with van der Waals surface area (Å²) in [6.07, 6.45) is 1.54. The van der Waals surface area contributed by atoms with Crippen LogP contribution in [0.3, 0.4) is 0 Å². The molecule has 1 aliphatic rings. The number of hydrogen-bond acceptors (Lipinski definition) is 4. The summed E-state index contributed by atoms with van der Waals surface area (Å²) < 4.78 is 37.3. The second-order valence-electron chi connectivity index (χ2n) is 7.18. The molecule has 5 nitrogen and oxygen atoms in total. The molecule has 140 valence electrons. The molecule has 2 rings (SSSR count). The van der Waals surface area contributed by atoms with Gasteiger partial charge >= 0.3 is 0 Å². The van der Waals surface area contributed by atoms with Gasteiger partial charge in [-0.15, -0.1) is 0 Å². The first-order valence-corrected chi connectivity index (χ1v) is 10.4. The van der Waals surface area contributed by atoms with Crippen molar-refractivity contribution in [2.45, 2.75) is 36.9 Å². The van der Waals surface area contributed by atoms with Gasteiger partial charge in [-0.05, 0) is 38.1 Å². The van der Waals surface area contributed by atoms with Crippen LogP contribution >= 0.6 is 11.6 Å². The number of nitrogens with one attached hydrogen (secondary N) is 2. The fourth-order valence-electron chi connectivity index (χ4n) is 3.29. The van der Waals surface area contributed by atoms with Gasteiger partial charge in [0, 0.05) is 28.8 Å². The van der Waals surface area contributed by atoms with E-state index in [4.69, 9.17) is 11.6 Å². The van der Waals surface area contributed by atoms with E-state index in [0.29, 0.717) is 18.7 Å².